The third-order valence-corrected chi connectivity index (χ3v) is 5.67. The van der Waals surface area contributed by atoms with Crippen LogP contribution in [0.5, 0.6) is 5.75 Å². The molecule has 0 amide bonds. The normalized spacial score (nSPS) is 13.9. The van der Waals surface area contributed by atoms with Gasteiger partial charge in [-0.25, -0.2) is 9.59 Å². The summed E-state index contributed by atoms with van der Waals surface area (Å²) in [4.78, 5) is 37.1. The van der Waals surface area contributed by atoms with Crippen LogP contribution in [0.25, 0.3) is 33.0 Å². The highest BCUT2D eigenvalue weighted by Crippen LogP contribution is 2.41. The summed E-state index contributed by atoms with van der Waals surface area (Å²) in [5.74, 6) is -1.99. The second-order valence-corrected chi connectivity index (χ2v) is 7.55. The van der Waals surface area contributed by atoms with Crippen LogP contribution >= 0.6 is 0 Å². The Bertz CT molecular complexity index is 1490. The van der Waals surface area contributed by atoms with Crippen molar-refractivity contribution in [2.75, 3.05) is 7.11 Å². The standard InChI is InChI=1S/C24H18N2O6/c1-25-10-16(14-5-3-4-6-18(14)25)21-22(24(30)32-23(21)29)17-11-26(12-20(27)28)19-8-7-13(31-2)9-15(17)19/h3-11H,12H2,1-2H3,(H,27,28). The van der Waals surface area contributed by atoms with Crippen molar-refractivity contribution in [3.8, 4) is 5.75 Å². The van der Waals surface area contributed by atoms with Gasteiger partial charge in [-0.3, -0.25) is 4.79 Å². The Hall–Kier alpha value is -4.33. The van der Waals surface area contributed by atoms with Gasteiger partial charge in [0.25, 0.3) is 0 Å². The van der Waals surface area contributed by atoms with Crippen molar-refractivity contribution in [3.63, 3.8) is 0 Å². The van der Waals surface area contributed by atoms with Crippen molar-refractivity contribution < 1.29 is 29.0 Å². The third kappa shape index (κ3) is 2.88. The maximum Gasteiger partial charge on any atom is 0.347 e. The van der Waals surface area contributed by atoms with Gasteiger partial charge in [0.05, 0.1) is 18.3 Å². The first-order chi connectivity index (χ1) is 15.4. The number of aromatic nitrogens is 2. The van der Waals surface area contributed by atoms with Crippen molar-refractivity contribution in [2.45, 2.75) is 6.54 Å². The van der Waals surface area contributed by atoms with Crippen molar-refractivity contribution in [3.05, 3.63) is 66.0 Å². The molecule has 1 aliphatic rings. The minimum Gasteiger partial charge on any atom is -0.497 e. The summed E-state index contributed by atoms with van der Waals surface area (Å²) in [5, 5.41) is 10.7. The van der Waals surface area contributed by atoms with E-state index >= 15 is 0 Å². The van der Waals surface area contributed by atoms with Crippen LogP contribution in [0.15, 0.2) is 54.9 Å². The smallest absolute Gasteiger partial charge is 0.347 e. The first-order valence-corrected chi connectivity index (χ1v) is 9.83. The van der Waals surface area contributed by atoms with Gasteiger partial charge in [-0.1, -0.05) is 18.2 Å². The largest absolute Gasteiger partial charge is 0.497 e. The van der Waals surface area contributed by atoms with Crippen LogP contribution in [0.3, 0.4) is 0 Å². The third-order valence-electron chi connectivity index (χ3n) is 5.67. The zero-order valence-electron chi connectivity index (χ0n) is 17.3. The minimum absolute atomic E-state index is 0.105. The SMILES string of the molecule is COc1ccc2c(c1)c(C1=C(c3cn(C)c4ccccc34)C(=O)OC1=O)cn2CC(=O)O. The van der Waals surface area contributed by atoms with Crippen LogP contribution in [0.4, 0.5) is 0 Å². The van der Waals surface area contributed by atoms with Gasteiger partial charge in [0.1, 0.15) is 12.3 Å². The summed E-state index contributed by atoms with van der Waals surface area (Å²) < 4.78 is 13.8. The molecule has 0 unspecified atom stereocenters. The van der Waals surface area contributed by atoms with E-state index in [0.717, 1.165) is 10.9 Å². The number of rotatable bonds is 5. The van der Waals surface area contributed by atoms with Crippen LogP contribution < -0.4 is 4.74 Å². The molecule has 0 saturated carbocycles. The lowest BCUT2D eigenvalue weighted by molar-refractivity contribution is -0.149. The number of nitrogens with zero attached hydrogens (tertiary/aromatic N) is 2. The fourth-order valence-corrected chi connectivity index (χ4v) is 4.30. The number of carbonyl (C=O) groups excluding carboxylic acids is 2. The van der Waals surface area contributed by atoms with Gasteiger partial charge in [-0.05, 0) is 24.3 Å². The number of fused-ring (bicyclic) bond motifs is 2. The molecule has 5 rings (SSSR count). The van der Waals surface area contributed by atoms with E-state index in [9.17, 15) is 19.5 Å². The lowest BCUT2D eigenvalue weighted by atomic mass is 9.95. The number of benzene rings is 2. The Morgan fingerprint density at radius 1 is 0.969 bits per heavy atom. The summed E-state index contributed by atoms with van der Waals surface area (Å²) in [6.07, 6.45) is 3.36. The van der Waals surface area contributed by atoms with Crippen LogP contribution in [0, 0.1) is 0 Å². The van der Waals surface area contributed by atoms with Crippen molar-refractivity contribution >= 4 is 50.9 Å². The van der Waals surface area contributed by atoms with Gasteiger partial charge in [0.15, 0.2) is 0 Å². The van der Waals surface area contributed by atoms with Crippen LogP contribution in [-0.4, -0.2) is 39.3 Å². The number of aryl methyl sites for hydroxylation is 1. The maximum atomic E-state index is 12.9. The molecule has 0 spiro atoms. The zero-order valence-corrected chi connectivity index (χ0v) is 17.3. The lowest BCUT2D eigenvalue weighted by Gasteiger charge is -2.04. The second kappa shape index (κ2) is 7.12. The topological polar surface area (TPSA) is 99.8 Å². The molecule has 160 valence electrons. The predicted molar refractivity (Wildman–Crippen MR) is 117 cm³/mol. The lowest BCUT2D eigenvalue weighted by Crippen LogP contribution is -2.07. The number of aliphatic carboxylic acids is 1. The summed E-state index contributed by atoms with van der Waals surface area (Å²) in [5.41, 5.74) is 2.75. The van der Waals surface area contributed by atoms with Gasteiger partial charge in [0, 0.05) is 52.4 Å². The highest BCUT2D eigenvalue weighted by atomic mass is 16.6. The molecule has 4 aromatic rings. The van der Waals surface area contributed by atoms with Gasteiger partial charge in [-0.15, -0.1) is 0 Å². The van der Waals surface area contributed by atoms with E-state index in [2.05, 4.69) is 0 Å². The van der Waals surface area contributed by atoms with Crippen molar-refractivity contribution in [1.82, 2.24) is 9.13 Å². The Kier molecular flexibility index (Phi) is 4.37. The van der Waals surface area contributed by atoms with Gasteiger partial charge in [0.2, 0.25) is 0 Å². The summed E-state index contributed by atoms with van der Waals surface area (Å²) in [6.45, 7) is -0.303. The number of carbonyl (C=O) groups is 3. The Balaban J connectivity index is 1.85. The fraction of sp³-hybridized carbons (Fsp3) is 0.125. The predicted octanol–water partition coefficient (Wildman–Crippen LogP) is 3.22. The van der Waals surface area contributed by atoms with E-state index in [0.29, 0.717) is 27.8 Å². The molecule has 0 atom stereocenters. The molecule has 0 aliphatic carbocycles. The molecule has 32 heavy (non-hydrogen) atoms. The number of carboxylic acids is 1. The molecule has 0 saturated heterocycles. The van der Waals surface area contributed by atoms with Gasteiger partial charge in [-0.2, -0.15) is 0 Å². The van der Waals surface area contributed by atoms with Gasteiger partial charge < -0.3 is 23.7 Å². The summed E-state index contributed by atoms with van der Waals surface area (Å²) in [7, 11) is 3.38. The Morgan fingerprint density at radius 3 is 2.34 bits per heavy atom. The summed E-state index contributed by atoms with van der Waals surface area (Å²) >= 11 is 0. The number of ether oxygens (including phenoxy) is 2. The highest BCUT2D eigenvalue weighted by Gasteiger charge is 2.37. The van der Waals surface area contributed by atoms with Crippen LogP contribution in [0.1, 0.15) is 11.1 Å². The molecule has 0 radical (unpaired) electrons. The second-order valence-electron chi connectivity index (χ2n) is 7.55. The van der Waals surface area contributed by atoms with Crippen LogP contribution in [-0.2, 0) is 32.7 Å². The van der Waals surface area contributed by atoms with E-state index in [1.54, 1.807) is 30.6 Å². The zero-order chi connectivity index (χ0) is 22.6. The average molecular weight is 430 g/mol. The number of methoxy groups -OCH3 is 1. The summed E-state index contributed by atoms with van der Waals surface area (Å²) in [6, 6.07) is 12.7. The molecular weight excluding hydrogens is 412 g/mol. The van der Waals surface area contributed by atoms with Crippen LogP contribution in [0.2, 0.25) is 0 Å². The molecule has 1 N–H and O–H groups in total. The first-order valence-electron chi connectivity index (χ1n) is 9.83. The number of esters is 2. The molecule has 0 bridgehead atoms. The Labute approximate surface area is 181 Å². The quantitative estimate of drug-likeness (QED) is 0.386. The molecule has 8 nitrogen and oxygen atoms in total. The Morgan fingerprint density at radius 2 is 1.66 bits per heavy atom. The first kappa shape index (κ1) is 19.6. The number of carboxylic acid groups (broad SMARTS) is 1. The number of hydrogen-bond donors (Lipinski definition) is 1. The molecular formula is C24H18N2O6. The van der Waals surface area contributed by atoms with E-state index < -0.39 is 17.9 Å². The van der Waals surface area contributed by atoms with E-state index in [1.807, 2.05) is 35.9 Å². The maximum absolute atomic E-state index is 12.9. The fourth-order valence-electron chi connectivity index (χ4n) is 4.30. The molecule has 3 heterocycles. The molecule has 1 aliphatic heterocycles. The highest BCUT2D eigenvalue weighted by molar-refractivity contribution is 6.46. The molecule has 0 fully saturated rings. The molecule has 2 aromatic heterocycles. The minimum atomic E-state index is -1.03. The van der Waals surface area contributed by atoms with E-state index in [1.165, 1.54) is 11.7 Å². The number of cyclic esters (lactones) is 2. The molecule has 8 heteroatoms. The van der Waals surface area contributed by atoms with Gasteiger partial charge >= 0.3 is 17.9 Å². The number of para-hydroxylation sites is 1. The monoisotopic (exact) mass is 430 g/mol. The van der Waals surface area contributed by atoms with Crippen molar-refractivity contribution in [1.29, 1.82) is 0 Å². The molecule has 2 aromatic carbocycles. The number of hydrogen-bond acceptors (Lipinski definition) is 5. The van der Waals surface area contributed by atoms with E-state index in [-0.39, 0.29) is 17.7 Å². The van der Waals surface area contributed by atoms with Crippen molar-refractivity contribution in [2.24, 2.45) is 7.05 Å². The average Bonchev–Trinajstić information content (AvgIpc) is 3.38. The van der Waals surface area contributed by atoms with E-state index in [4.69, 9.17) is 9.47 Å².